The fraction of sp³-hybridized carbons (Fsp3) is 0.0625. The Bertz CT molecular complexity index is 686. The predicted molar refractivity (Wildman–Crippen MR) is 86.5 cm³/mol. The molecule has 1 amide bonds. The molecule has 0 saturated carbocycles. The molecule has 2 aromatic carbocycles. The van der Waals surface area contributed by atoms with Crippen LogP contribution in [0.4, 0.5) is 11.4 Å². The van der Waals surface area contributed by atoms with Crippen molar-refractivity contribution in [3.05, 3.63) is 70.7 Å². The Kier molecular flexibility index (Phi) is 3.86. The summed E-state index contributed by atoms with van der Waals surface area (Å²) in [7, 11) is 0. The minimum atomic E-state index is -0.503. The molecule has 1 atom stereocenters. The average molecular weight is 319 g/mol. The standard InChI is InChI=1S/C16H12Cl2N2O/c17-13-14(18)16(21)20(12-9-5-2-6-10-12)15(13)19-11-7-3-1-4-8-11/h1-10,15,19H. The Labute approximate surface area is 132 Å². The van der Waals surface area contributed by atoms with Crippen LogP contribution in [0.1, 0.15) is 0 Å². The van der Waals surface area contributed by atoms with Crippen molar-refractivity contribution in [1.29, 1.82) is 0 Å². The summed E-state index contributed by atoms with van der Waals surface area (Å²) in [5.74, 6) is -0.304. The highest BCUT2D eigenvalue weighted by atomic mass is 35.5. The van der Waals surface area contributed by atoms with E-state index in [1.165, 1.54) is 0 Å². The van der Waals surface area contributed by atoms with E-state index in [1.807, 2.05) is 60.7 Å². The molecule has 0 saturated heterocycles. The van der Waals surface area contributed by atoms with Gasteiger partial charge in [-0.05, 0) is 24.3 Å². The van der Waals surface area contributed by atoms with Crippen molar-refractivity contribution in [3.8, 4) is 0 Å². The minimum Gasteiger partial charge on any atom is -0.360 e. The van der Waals surface area contributed by atoms with Gasteiger partial charge in [0.05, 0.1) is 5.03 Å². The third-order valence-corrected chi connectivity index (χ3v) is 4.08. The van der Waals surface area contributed by atoms with E-state index in [0.29, 0.717) is 5.03 Å². The van der Waals surface area contributed by atoms with Crippen molar-refractivity contribution in [1.82, 2.24) is 0 Å². The van der Waals surface area contributed by atoms with E-state index in [4.69, 9.17) is 23.2 Å². The van der Waals surface area contributed by atoms with Crippen LogP contribution in [-0.2, 0) is 4.79 Å². The first-order valence-corrected chi connectivity index (χ1v) is 7.19. The first kappa shape index (κ1) is 14.0. The molecule has 1 aliphatic rings. The molecule has 0 fully saturated rings. The summed E-state index contributed by atoms with van der Waals surface area (Å²) in [6.07, 6.45) is -0.503. The Morgan fingerprint density at radius 3 is 2.10 bits per heavy atom. The van der Waals surface area contributed by atoms with E-state index in [9.17, 15) is 4.79 Å². The zero-order valence-electron chi connectivity index (χ0n) is 11.0. The van der Waals surface area contributed by atoms with E-state index >= 15 is 0 Å². The maximum absolute atomic E-state index is 12.3. The molecule has 0 aliphatic carbocycles. The number of benzene rings is 2. The Morgan fingerprint density at radius 1 is 0.905 bits per heavy atom. The predicted octanol–water partition coefficient (Wildman–Crippen LogP) is 4.16. The molecule has 2 aromatic rings. The molecule has 1 heterocycles. The van der Waals surface area contributed by atoms with Gasteiger partial charge in [0.15, 0.2) is 0 Å². The molecular formula is C16H12Cl2N2O. The quantitative estimate of drug-likeness (QED) is 0.921. The molecule has 1 N–H and O–H groups in total. The highest BCUT2D eigenvalue weighted by molar-refractivity contribution is 6.52. The van der Waals surface area contributed by atoms with E-state index in [-0.39, 0.29) is 10.9 Å². The number of carbonyl (C=O) groups excluding carboxylic acids is 1. The normalized spacial score (nSPS) is 18.3. The number of hydrogen-bond donors (Lipinski definition) is 1. The van der Waals surface area contributed by atoms with Gasteiger partial charge in [-0.3, -0.25) is 9.69 Å². The second kappa shape index (κ2) is 5.80. The Hall–Kier alpha value is -1.97. The highest BCUT2D eigenvalue weighted by Crippen LogP contribution is 2.35. The third-order valence-electron chi connectivity index (χ3n) is 3.23. The van der Waals surface area contributed by atoms with Gasteiger partial charge in [0.2, 0.25) is 0 Å². The van der Waals surface area contributed by atoms with E-state index in [2.05, 4.69) is 5.32 Å². The number of anilines is 2. The molecule has 21 heavy (non-hydrogen) atoms. The number of halogens is 2. The third kappa shape index (κ3) is 2.62. The number of carbonyl (C=O) groups is 1. The first-order valence-electron chi connectivity index (χ1n) is 6.44. The molecule has 106 valence electrons. The van der Waals surface area contributed by atoms with Gasteiger partial charge in [0.25, 0.3) is 5.91 Å². The summed E-state index contributed by atoms with van der Waals surface area (Å²) in [5, 5.41) is 3.58. The Morgan fingerprint density at radius 2 is 1.48 bits per heavy atom. The van der Waals surface area contributed by atoms with Gasteiger partial charge in [-0.1, -0.05) is 59.6 Å². The van der Waals surface area contributed by atoms with Crippen LogP contribution in [0, 0.1) is 0 Å². The number of hydrogen-bond acceptors (Lipinski definition) is 2. The summed E-state index contributed by atoms with van der Waals surface area (Å²) in [5.41, 5.74) is 1.60. The lowest BCUT2D eigenvalue weighted by Crippen LogP contribution is -2.40. The molecule has 1 unspecified atom stereocenters. The van der Waals surface area contributed by atoms with Crippen LogP contribution in [0.2, 0.25) is 0 Å². The molecular weight excluding hydrogens is 307 g/mol. The van der Waals surface area contributed by atoms with E-state index < -0.39 is 6.17 Å². The van der Waals surface area contributed by atoms with Gasteiger partial charge in [0.1, 0.15) is 11.2 Å². The molecule has 5 heteroatoms. The molecule has 0 radical (unpaired) electrons. The van der Waals surface area contributed by atoms with Crippen LogP contribution in [0.15, 0.2) is 70.7 Å². The SMILES string of the molecule is O=C1C(Cl)=C(Cl)C(Nc2ccccc2)N1c1ccccc1. The molecule has 1 aliphatic heterocycles. The number of nitrogens with zero attached hydrogens (tertiary/aromatic N) is 1. The number of rotatable bonds is 3. The van der Waals surface area contributed by atoms with Crippen LogP contribution in [0.3, 0.4) is 0 Å². The molecule has 3 rings (SSSR count). The second-order valence-electron chi connectivity index (χ2n) is 4.59. The number of amides is 1. The summed E-state index contributed by atoms with van der Waals surface area (Å²) >= 11 is 12.3. The van der Waals surface area contributed by atoms with Gasteiger partial charge < -0.3 is 5.32 Å². The molecule has 0 bridgehead atoms. The van der Waals surface area contributed by atoms with Crippen LogP contribution in [0.5, 0.6) is 0 Å². The maximum atomic E-state index is 12.3. The van der Waals surface area contributed by atoms with Crippen molar-refractivity contribution >= 4 is 40.5 Å². The highest BCUT2D eigenvalue weighted by Gasteiger charge is 2.38. The van der Waals surface area contributed by atoms with Gasteiger partial charge in [-0.2, -0.15) is 0 Å². The van der Waals surface area contributed by atoms with Crippen molar-refractivity contribution in [3.63, 3.8) is 0 Å². The lowest BCUT2D eigenvalue weighted by molar-refractivity contribution is -0.114. The lowest BCUT2D eigenvalue weighted by Gasteiger charge is -2.27. The monoisotopic (exact) mass is 318 g/mol. The van der Waals surface area contributed by atoms with Crippen molar-refractivity contribution < 1.29 is 4.79 Å². The fourth-order valence-electron chi connectivity index (χ4n) is 2.23. The van der Waals surface area contributed by atoms with Gasteiger partial charge >= 0.3 is 0 Å². The fourth-order valence-corrected chi connectivity index (χ4v) is 2.66. The summed E-state index contributed by atoms with van der Waals surface area (Å²) < 4.78 is 0. The lowest BCUT2D eigenvalue weighted by atomic mass is 10.2. The summed E-state index contributed by atoms with van der Waals surface area (Å²) in [4.78, 5) is 13.9. The zero-order chi connectivity index (χ0) is 14.8. The van der Waals surface area contributed by atoms with Crippen molar-refractivity contribution in [2.75, 3.05) is 10.2 Å². The topological polar surface area (TPSA) is 32.3 Å². The average Bonchev–Trinajstić information content (AvgIpc) is 2.74. The van der Waals surface area contributed by atoms with E-state index in [0.717, 1.165) is 11.4 Å². The van der Waals surface area contributed by atoms with Gasteiger partial charge in [-0.15, -0.1) is 0 Å². The Balaban J connectivity index is 1.96. The van der Waals surface area contributed by atoms with Crippen LogP contribution < -0.4 is 10.2 Å². The molecule has 0 aromatic heterocycles. The van der Waals surface area contributed by atoms with E-state index in [1.54, 1.807) is 4.90 Å². The maximum Gasteiger partial charge on any atom is 0.273 e. The largest absolute Gasteiger partial charge is 0.360 e. The second-order valence-corrected chi connectivity index (χ2v) is 5.37. The molecule has 3 nitrogen and oxygen atoms in total. The minimum absolute atomic E-state index is 0.0500. The van der Waals surface area contributed by atoms with Crippen molar-refractivity contribution in [2.45, 2.75) is 6.17 Å². The number of para-hydroxylation sites is 2. The molecule has 0 spiro atoms. The van der Waals surface area contributed by atoms with Gasteiger partial charge in [0, 0.05) is 11.4 Å². The summed E-state index contributed by atoms with van der Waals surface area (Å²) in [6.45, 7) is 0. The van der Waals surface area contributed by atoms with Crippen LogP contribution in [-0.4, -0.2) is 12.1 Å². The smallest absolute Gasteiger partial charge is 0.273 e. The van der Waals surface area contributed by atoms with Crippen LogP contribution in [0.25, 0.3) is 0 Å². The van der Waals surface area contributed by atoms with Crippen molar-refractivity contribution in [2.24, 2.45) is 0 Å². The first-order chi connectivity index (χ1) is 10.2. The summed E-state index contributed by atoms with van der Waals surface area (Å²) in [6, 6.07) is 18.9. The number of nitrogens with one attached hydrogen (secondary N) is 1. The zero-order valence-corrected chi connectivity index (χ0v) is 12.5. The van der Waals surface area contributed by atoms with Gasteiger partial charge in [-0.25, -0.2) is 0 Å². The van der Waals surface area contributed by atoms with Crippen LogP contribution >= 0.6 is 23.2 Å².